The highest BCUT2D eigenvalue weighted by Gasteiger charge is 2.32. The molecule has 3 aromatic rings. The van der Waals surface area contributed by atoms with Gasteiger partial charge in [-0.2, -0.15) is 5.10 Å². The second kappa shape index (κ2) is 16.0. The summed E-state index contributed by atoms with van der Waals surface area (Å²) < 4.78 is 28.8. The molecular weight excluding hydrogens is 660 g/mol. The summed E-state index contributed by atoms with van der Waals surface area (Å²) in [5.74, 6) is 1.23. The van der Waals surface area contributed by atoms with E-state index in [-0.39, 0.29) is 12.2 Å². The highest BCUT2D eigenvalue weighted by Crippen LogP contribution is 2.37. The van der Waals surface area contributed by atoms with Crippen molar-refractivity contribution < 1.29 is 38.4 Å². The Kier molecular flexibility index (Phi) is 11.9. The van der Waals surface area contributed by atoms with Gasteiger partial charge in [0.1, 0.15) is 13.2 Å². The number of nitrogens with zero attached hydrogens (tertiary/aromatic N) is 1. The molecule has 12 nitrogen and oxygen atoms in total. The van der Waals surface area contributed by atoms with Gasteiger partial charge in [0, 0.05) is 5.70 Å². The number of aliphatic hydroxyl groups excluding tert-OH is 1. The summed E-state index contributed by atoms with van der Waals surface area (Å²) in [6.07, 6.45) is 0.371. The number of urea groups is 1. The molecule has 0 saturated carbocycles. The van der Waals surface area contributed by atoms with E-state index < -0.39 is 24.3 Å². The van der Waals surface area contributed by atoms with Crippen molar-refractivity contribution >= 4 is 34.1 Å². The lowest BCUT2D eigenvalue weighted by Crippen LogP contribution is -2.45. The molecule has 1 aliphatic heterocycles. The topological polar surface area (TPSA) is 149 Å². The van der Waals surface area contributed by atoms with Crippen LogP contribution in [0.2, 0.25) is 0 Å². The molecule has 1 aliphatic rings. The van der Waals surface area contributed by atoms with E-state index in [4.69, 9.17) is 23.7 Å². The molecule has 0 fully saturated rings. The number of amides is 2. The number of hydrazone groups is 1. The number of rotatable bonds is 14. The monoisotopic (exact) mass is 696 g/mol. The molecule has 46 heavy (non-hydrogen) atoms. The third kappa shape index (κ3) is 8.70. The van der Waals surface area contributed by atoms with E-state index in [0.29, 0.717) is 57.5 Å². The van der Waals surface area contributed by atoms with Crippen LogP contribution < -0.4 is 35.0 Å². The summed E-state index contributed by atoms with van der Waals surface area (Å²) in [6.45, 7) is 6.02. The van der Waals surface area contributed by atoms with Crippen LogP contribution in [0, 0.1) is 6.92 Å². The van der Waals surface area contributed by atoms with Gasteiger partial charge in [-0.1, -0.05) is 35.9 Å². The molecule has 0 saturated heterocycles. The van der Waals surface area contributed by atoms with Crippen LogP contribution in [0.1, 0.15) is 42.1 Å². The van der Waals surface area contributed by atoms with Gasteiger partial charge >= 0.3 is 12.0 Å². The highest BCUT2D eigenvalue weighted by atomic mass is 79.9. The predicted molar refractivity (Wildman–Crippen MR) is 175 cm³/mol. The molecule has 4 rings (SSSR count). The van der Waals surface area contributed by atoms with Crippen molar-refractivity contribution in [1.82, 2.24) is 16.1 Å². The van der Waals surface area contributed by atoms with Gasteiger partial charge in [0.05, 0.1) is 43.1 Å². The van der Waals surface area contributed by atoms with Gasteiger partial charge in [0.2, 0.25) is 0 Å². The molecule has 2 atom stereocenters. The SMILES string of the molecule is CCOc1cc([C@@H]2NC(=O)NC(C)=C2C(=O)OC)ccc1OC[C@H](O)N/N=C\c1cc(Br)c(OCc2cccc(C)c2)c(OC)c1. The standard InChI is InChI=1S/C33H37BrN4O8/c1-6-44-26-15-23(30-29(32(40)43-5)20(3)36-33(41)37-30)10-11-25(26)45-18-28(39)38-35-16-22-13-24(34)31(27(14-22)42-4)46-17-21-9-7-8-19(2)12-21/h7-16,28,30,38-39H,6,17-18H2,1-5H3,(H2,36,37,41)/b35-16-/t28-,30-/m0/s1. The first-order valence-corrected chi connectivity index (χ1v) is 15.2. The molecule has 1 heterocycles. The molecule has 0 radical (unpaired) electrons. The quantitative estimate of drug-likeness (QED) is 0.0802. The minimum Gasteiger partial charge on any atom is -0.493 e. The molecule has 0 aromatic heterocycles. The summed E-state index contributed by atoms with van der Waals surface area (Å²) >= 11 is 3.55. The Hall–Kier alpha value is -4.75. The van der Waals surface area contributed by atoms with Crippen LogP contribution in [-0.2, 0) is 16.1 Å². The zero-order chi connectivity index (χ0) is 33.2. The lowest BCUT2D eigenvalue weighted by Gasteiger charge is -2.28. The third-order valence-electron chi connectivity index (χ3n) is 6.83. The number of esters is 1. The number of carbonyl (C=O) groups is 2. The van der Waals surface area contributed by atoms with Crippen LogP contribution in [0.25, 0.3) is 0 Å². The molecule has 2 amide bonds. The Morgan fingerprint density at radius 3 is 2.59 bits per heavy atom. The number of hydrogen-bond acceptors (Lipinski definition) is 10. The average Bonchev–Trinajstić information content (AvgIpc) is 3.03. The van der Waals surface area contributed by atoms with Crippen molar-refractivity contribution in [1.29, 1.82) is 0 Å². The summed E-state index contributed by atoms with van der Waals surface area (Å²) in [4.78, 5) is 24.6. The molecule has 0 unspecified atom stereocenters. The average molecular weight is 698 g/mol. The minimum atomic E-state index is -1.16. The van der Waals surface area contributed by atoms with Crippen molar-refractivity contribution in [2.75, 3.05) is 27.4 Å². The minimum absolute atomic E-state index is 0.161. The summed E-state index contributed by atoms with van der Waals surface area (Å²) in [6, 6.07) is 15.5. The zero-order valence-corrected chi connectivity index (χ0v) is 27.8. The maximum absolute atomic E-state index is 12.5. The maximum atomic E-state index is 12.5. The third-order valence-corrected chi connectivity index (χ3v) is 7.42. The summed E-state index contributed by atoms with van der Waals surface area (Å²) in [5, 5.41) is 20.0. The number of hydrogen-bond donors (Lipinski definition) is 4. The first kappa shape index (κ1) is 34.1. The van der Waals surface area contributed by atoms with Crippen LogP contribution in [0.5, 0.6) is 23.0 Å². The lowest BCUT2D eigenvalue weighted by atomic mass is 9.95. The van der Waals surface area contributed by atoms with Crippen molar-refractivity contribution in [3.05, 3.63) is 92.6 Å². The predicted octanol–water partition coefficient (Wildman–Crippen LogP) is 4.87. The molecule has 244 valence electrons. The van der Waals surface area contributed by atoms with Gasteiger partial charge in [0.15, 0.2) is 29.2 Å². The van der Waals surface area contributed by atoms with Gasteiger partial charge in [-0.25, -0.2) is 9.59 Å². The fraction of sp³-hybridized carbons (Fsp3) is 0.303. The van der Waals surface area contributed by atoms with Crippen LogP contribution in [0.3, 0.4) is 0 Å². The molecule has 3 aromatic carbocycles. The Morgan fingerprint density at radius 1 is 1.07 bits per heavy atom. The van der Waals surface area contributed by atoms with E-state index in [0.717, 1.165) is 11.1 Å². The molecule has 0 aliphatic carbocycles. The van der Waals surface area contributed by atoms with E-state index >= 15 is 0 Å². The first-order valence-electron chi connectivity index (χ1n) is 14.4. The van der Waals surface area contributed by atoms with Gasteiger partial charge in [0.25, 0.3) is 0 Å². The van der Waals surface area contributed by atoms with Gasteiger partial charge in [-0.05, 0) is 77.7 Å². The molecule has 4 N–H and O–H groups in total. The fourth-order valence-corrected chi connectivity index (χ4v) is 5.31. The summed E-state index contributed by atoms with van der Waals surface area (Å²) in [7, 11) is 2.83. The van der Waals surface area contributed by atoms with E-state index in [1.165, 1.54) is 13.3 Å². The number of benzene rings is 3. The van der Waals surface area contributed by atoms with Crippen LogP contribution in [0.4, 0.5) is 4.79 Å². The van der Waals surface area contributed by atoms with E-state index in [1.54, 1.807) is 38.3 Å². The van der Waals surface area contributed by atoms with Gasteiger partial charge in [-0.3, -0.25) is 5.43 Å². The van der Waals surface area contributed by atoms with E-state index in [2.05, 4.69) is 43.2 Å². The van der Waals surface area contributed by atoms with Crippen LogP contribution >= 0.6 is 15.9 Å². The highest BCUT2D eigenvalue weighted by molar-refractivity contribution is 9.10. The smallest absolute Gasteiger partial charge is 0.337 e. The number of halogens is 1. The number of aliphatic hydroxyl groups is 1. The van der Waals surface area contributed by atoms with Crippen molar-refractivity contribution in [2.24, 2.45) is 5.10 Å². The number of allylic oxidation sites excluding steroid dienone is 1. The number of ether oxygens (including phenoxy) is 5. The number of methoxy groups -OCH3 is 2. The molecule has 13 heteroatoms. The Morgan fingerprint density at radius 2 is 1.87 bits per heavy atom. The van der Waals surface area contributed by atoms with E-state index in [9.17, 15) is 14.7 Å². The van der Waals surface area contributed by atoms with Gasteiger partial charge < -0.3 is 39.4 Å². The lowest BCUT2D eigenvalue weighted by molar-refractivity contribution is -0.136. The second-order valence-electron chi connectivity index (χ2n) is 10.2. The largest absolute Gasteiger partial charge is 0.493 e. The Bertz CT molecular complexity index is 1630. The van der Waals surface area contributed by atoms with E-state index in [1.807, 2.05) is 38.1 Å². The van der Waals surface area contributed by atoms with Crippen molar-refractivity contribution in [2.45, 2.75) is 39.6 Å². The summed E-state index contributed by atoms with van der Waals surface area (Å²) in [5.41, 5.74) is 6.77. The fourth-order valence-electron chi connectivity index (χ4n) is 4.73. The van der Waals surface area contributed by atoms with Crippen LogP contribution in [0.15, 0.2) is 75.4 Å². The number of nitrogens with one attached hydrogen (secondary N) is 3. The van der Waals surface area contributed by atoms with Crippen molar-refractivity contribution in [3.63, 3.8) is 0 Å². The Labute approximate surface area is 275 Å². The van der Waals surface area contributed by atoms with Gasteiger partial charge in [-0.15, -0.1) is 0 Å². The first-order chi connectivity index (χ1) is 22.1. The molecule has 0 spiro atoms. The number of aryl methyl sites for hydroxylation is 1. The Balaban J connectivity index is 1.39. The zero-order valence-electron chi connectivity index (χ0n) is 26.2. The normalized spacial score (nSPS) is 15.1. The second-order valence-corrected chi connectivity index (χ2v) is 11.1. The number of carbonyl (C=O) groups excluding carboxylic acids is 2. The molecular formula is C33H37BrN4O8. The van der Waals surface area contributed by atoms with Crippen LogP contribution in [-0.4, -0.2) is 57.0 Å². The van der Waals surface area contributed by atoms with Crippen molar-refractivity contribution in [3.8, 4) is 23.0 Å². The maximum Gasteiger partial charge on any atom is 0.337 e. The molecule has 0 bridgehead atoms.